The van der Waals surface area contributed by atoms with Crippen molar-refractivity contribution >= 4 is 5.91 Å². The van der Waals surface area contributed by atoms with Crippen LogP contribution in [0.25, 0.3) is 0 Å². The molecular weight excluding hydrogens is 305 g/mol. The Morgan fingerprint density at radius 2 is 2.00 bits per heavy atom. The van der Waals surface area contributed by atoms with Crippen molar-refractivity contribution in [1.29, 1.82) is 0 Å². The van der Waals surface area contributed by atoms with Crippen LogP contribution in [-0.4, -0.2) is 11.4 Å². The molecule has 0 spiro atoms. The Kier molecular flexibility index (Phi) is 5.04. The second kappa shape index (κ2) is 6.51. The molecule has 3 N–H and O–H groups in total. The fourth-order valence-electron chi connectivity index (χ4n) is 3.31. The Morgan fingerprint density at radius 3 is 2.61 bits per heavy atom. The second-order valence-corrected chi connectivity index (χ2v) is 6.62. The summed E-state index contributed by atoms with van der Waals surface area (Å²) in [6.07, 6.45) is -1.13. The zero-order valence-electron chi connectivity index (χ0n) is 13.4. The molecule has 128 valence electrons. The Hall–Kier alpha value is -1.56. The van der Waals surface area contributed by atoms with Gasteiger partial charge in [-0.25, -0.2) is 0 Å². The topological polar surface area (TPSA) is 55.1 Å². The molecule has 6 heteroatoms. The van der Waals surface area contributed by atoms with Gasteiger partial charge in [0.2, 0.25) is 5.91 Å². The highest BCUT2D eigenvalue weighted by Crippen LogP contribution is 2.35. The zero-order chi connectivity index (χ0) is 17.3. The van der Waals surface area contributed by atoms with Gasteiger partial charge >= 0.3 is 6.18 Å². The molecule has 1 fully saturated rings. The lowest BCUT2D eigenvalue weighted by Gasteiger charge is -2.37. The Labute approximate surface area is 134 Å². The first kappa shape index (κ1) is 17.8. The minimum absolute atomic E-state index is 0.0721. The van der Waals surface area contributed by atoms with E-state index in [1.165, 1.54) is 12.1 Å². The Balaban J connectivity index is 2.16. The summed E-state index contributed by atoms with van der Waals surface area (Å²) in [6.45, 7) is 3.41. The molecular formula is C17H23F3N2O. The molecule has 23 heavy (non-hydrogen) atoms. The van der Waals surface area contributed by atoms with Gasteiger partial charge < -0.3 is 11.1 Å². The number of rotatable bonds is 3. The van der Waals surface area contributed by atoms with Crippen LogP contribution in [0.5, 0.6) is 0 Å². The molecule has 3 unspecified atom stereocenters. The van der Waals surface area contributed by atoms with Crippen LogP contribution < -0.4 is 11.1 Å². The fourth-order valence-corrected chi connectivity index (χ4v) is 3.31. The first-order chi connectivity index (χ1) is 10.6. The minimum atomic E-state index is -4.44. The van der Waals surface area contributed by atoms with Gasteiger partial charge in [-0.05, 0) is 38.3 Å². The highest BCUT2D eigenvalue weighted by atomic mass is 19.4. The molecule has 0 saturated heterocycles. The van der Waals surface area contributed by atoms with E-state index in [1.807, 2.05) is 6.92 Å². The van der Waals surface area contributed by atoms with E-state index in [0.717, 1.165) is 25.3 Å². The van der Waals surface area contributed by atoms with Gasteiger partial charge in [0.15, 0.2) is 0 Å². The zero-order valence-corrected chi connectivity index (χ0v) is 13.4. The van der Waals surface area contributed by atoms with Crippen molar-refractivity contribution in [1.82, 2.24) is 5.32 Å². The average Bonchev–Trinajstić information content (AvgIpc) is 2.45. The van der Waals surface area contributed by atoms with Crippen molar-refractivity contribution in [2.24, 2.45) is 11.7 Å². The van der Waals surface area contributed by atoms with Gasteiger partial charge in [0, 0.05) is 5.54 Å². The van der Waals surface area contributed by atoms with Gasteiger partial charge in [-0.15, -0.1) is 0 Å². The van der Waals surface area contributed by atoms with Crippen LogP contribution in [0.4, 0.5) is 13.2 Å². The van der Waals surface area contributed by atoms with Crippen LogP contribution in [0.2, 0.25) is 0 Å². The summed E-state index contributed by atoms with van der Waals surface area (Å²) < 4.78 is 39.3. The summed E-state index contributed by atoms with van der Waals surface area (Å²) >= 11 is 0. The molecule has 0 aliphatic heterocycles. The Morgan fingerprint density at radius 1 is 1.35 bits per heavy atom. The van der Waals surface area contributed by atoms with Gasteiger partial charge in [-0.3, -0.25) is 4.79 Å². The van der Waals surface area contributed by atoms with Crippen LogP contribution in [0.3, 0.4) is 0 Å². The third-order valence-corrected chi connectivity index (χ3v) is 4.66. The molecule has 1 aromatic carbocycles. The van der Waals surface area contributed by atoms with Gasteiger partial charge in [-0.1, -0.05) is 31.0 Å². The maximum atomic E-state index is 13.1. The highest BCUT2D eigenvalue weighted by molar-refractivity contribution is 5.80. The molecule has 0 radical (unpaired) electrons. The summed E-state index contributed by atoms with van der Waals surface area (Å²) in [5.41, 5.74) is 4.95. The third-order valence-electron chi connectivity index (χ3n) is 4.66. The SMILES string of the molecule is CC(NC(=O)C1CCCCC1(C)N)c1ccccc1C(F)(F)F. The smallest absolute Gasteiger partial charge is 0.349 e. The molecule has 0 aromatic heterocycles. The lowest BCUT2D eigenvalue weighted by atomic mass is 9.74. The first-order valence-electron chi connectivity index (χ1n) is 7.88. The van der Waals surface area contributed by atoms with Crippen LogP contribution >= 0.6 is 0 Å². The lowest BCUT2D eigenvalue weighted by Crippen LogP contribution is -2.53. The molecule has 3 atom stereocenters. The highest BCUT2D eigenvalue weighted by Gasteiger charge is 2.39. The predicted molar refractivity (Wildman–Crippen MR) is 82.6 cm³/mol. The molecule has 3 nitrogen and oxygen atoms in total. The van der Waals surface area contributed by atoms with Gasteiger partial charge in [0.1, 0.15) is 0 Å². The normalized spacial score (nSPS) is 26.6. The van der Waals surface area contributed by atoms with E-state index in [0.29, 0.717) is 6.42 Å². The molecule has 1 aromatic rings. The monoisotopic (exact) mass is 328 g/mol. The standard InChI is InChI=1S/C17H23F3N2O/c1-11(12-7-3-4-8-13(12)17(18,19)20)22-15(23)14-9-5-6-10-16(14,2)21/h3-4,7-8,11,14H,5-6,9-10,21H2,1-2H3,(H,22,23). The van der Waals surface area contributed by atoms with Crippen LogP contribution in [0.1, 0.15) is 56.7 Å². The van der Waals surface area contributed by atoms with Crippen molar-refractivity contribution in [3.8, 4) is 0 Å². The van der Waals surface area contributed by atoms with Crippen LogP contribution in [0, 0.1) is 5.92 Å². The van der Waals surface area contributed by atoms with E-state index >= 15 is 0 Å². The van der Waals surface area contributed by atoms with Crippen molar-refractivity contribution in [3.05, 3.63) is 35.4 Å². The number of hydrogen-bond donors (Lipinski definition) is 2. The summed E-state index contributed by atoms with van der Waals surface area (Å²) in [7, 11) is 0. The van der Waals surface area contributed by atoms with Gasteiger partial charge in [0.25, 0.3) is 0 Å². The fraction of sp³-hybridized carbons (Fsp3) is 0.588. The Bertz CT molecular complexity index is 569. The maximum absolute atomic E-state index is 13.1. The molecule has 1 aliphatic carbocycles. The van der Waals surface area contributed by atoms with Crippen molar-refractivity contribution in [2.75, 3.05) is 0 Å². The predicted octanol–water partition coefficient (Wildman–Crippen LogP) is 3.79. The summed E-state index contributed by atoms with van der Waals surface area (Å²) in [5, 5.41) is 2.72. The molecule has 0 heterocycles. The molecule has 1 aliphatic rings. The van der Waals surface area contributed by atoms with E-state index < -0.39 is 23.3 Å². The maximum Gasteiger partial charge on any atom is 0.416 e. The number of carbonyl (C=O) groups is 1. The number of nitrogens with one attached hydrogen (secondary N) is 1. The summed E-state index contributed by atoms with van der Waals surface area (Å²) in [5.74, 6) is -0.629. The largest absolute Gasteiger partial charge is 0.416 e. The van der Waals surface area contributed by atoms with E-state index in [-0.39, 0.29) is 17.4 Å². The van der Waals surface area contributed by atoms with Crippen molar-refractivity contribution < 1.29 is 18.0 Å². The van der Waals surface area contributed by atoms with Gasteiger partial charge in [-0.2, -0.15) is 13.2 Å². The van der Waals surface area contributed by atoms with E-state index in [9.17, 15) is 18.0 Å². The number of alkyl halides is 3. The summed E-state index contributed by atoms with van der Waals surface area (Å²) in [4.78, 5) is 12.5. The van der Waals surface area contributed by atoms with Gasteiger partial charge in [0.05, 0.1) is 17.5 Å². The number of amides is 1. The molecule has 1 saturated carbocycles. The quantitative estimate of drug-likeness (QED) is 0.887. The number of nitrogens with two attached hydrogens (primary N) is 1. The second-order valence-electron chi connectivity index (χ2n) is 6.62. The van der Waals surface area contributed by atoms with E-state index in [2.05, 4.69) is 5.32 Å². The number of halogens is 3. The third kappa shape index (κ3) is 4.05. The summed E-state index contributed by atoms with van der Waals surface area (Å²) in [6, 6.07) is 4.60. The number of benzene rings is 1. The first-order valence-corrected chi connectivity index (χ1v) is 7.88. The van der Waals surface area contributed by atoms with Crippen molar-refractivity contribution in [3.63, 3.8) is 0 Å². The van der Waals surface area contributed by atoms with Crippen LogP contribution in [0.15, 0.2) is 24.3 Å². The van der Waals surface area contributed by atoms with E-state index in [1.54, 1.807) is 13.0 Å². The van der Waals surface area contributed by atoms with E-state index in [4.69, 9.17) is 5.73 Å². The minimum Gasteiger partial charge on any atom is -0.349 e. The lowest BCUT2D eigenvalue weighted by molar-refractivity contribution is -0.139. The molecule has 1 amide bonds. The molecule has 0 bridgehead atoms. The molecule has 2 rings (SSSR count). The van der Waals surface area contributed by atoms with Crippen LogP contribution in [-0.2, 0) is 11.0 Å². The number of hydrogen-bond acceptors (Lipinski definition) is 2. The number of carbonyl (C=O) groups excluding carboxylic acids is 1. The average molecular weight is 328 g/mol. The van der Waals surface area contributed by atoms with Crippen molar-refractivity contribution in [2.45, 2.75) is 57.3 Å².